The third-order valence-corrected chi connectivity index (χ3v) is 3.63. The quantitative estimate of drug-likeness (QED) is 0.566. The molecular weight excluding hydrogens is 325 g/mol. The minimum absolute atomic E-state index is 0.144. The summed E-state index contributed by atoms with van der Waals surface area (Å²) in [5.74, 6) is 0. The summed E-state index contributed by atoms with van der Waals surface area (Å²) < 4.78 is 38.4. The minimum atomic E-state index is -4.32. The monoisotopic (exact) mass is 344 g/mol. The van der Waals surface area contributed by atoms with E-state index in [4.69, 9.17) is 18.0 Å². The van der Waals surface area contributed by atoms with Gasteiger partial charge < -0.3 is 10.6 Å². The second kappa shape index (κ2) is 7.65. The predicted molar refractivity (Wildman–Crippen MR) is 87.1 cm³/mol. The number of nitrogens with one attached hydrogen (secondary N) is 2. The van der Waals surface area contributed by atoms with Crippen molar-refractivity contribution in [2.45, 2.75) is 25.6 Å². The number of hydrazine groups is 1. The lowest BCUT2D eigenvalue weighted by Crippen LogP contribution is -2.44. The average molecular weight is 344 g/mol. The Morgan fingerprint density at radius 3 is 2.83 bits per heavy atom. The molecule has 0 unspecified atom stereocenters. The third kappa shape index (κ3) is 5.40. The van der Waals surface area contributed by atoms with Gasteiger partial charge in [-0.05, 0) is 42.8 Å². The first-order valence-electron chi connectivity index (χ1n) is 7.24. The van der Waals surface area contributed by atoms with E-state index >= 15 is 0 Å². The molecule has 2 rings (SSSR count). The number of benzene rings is 1. The molecular formula is C15H19F3N4S. The maximum absolute atomic E-state index is 12.8. The van der Waals surface area contributed by atoms with Gasteiger partial charge in [-0.2, -0.15) is 13.2 Å². The molecule has 126 valence electrons. The molecule has 8 heteroatoms. The number of nitrogens with two attached hydrogens (primary N) is 1. The molecule has 0 aliphatic carbocycles. The average Bonchev–Trinajstić information content (AvgIpc) is 2.48. The lowest BCUT2D eigenvalue weighted by atomic mass is 10.1. The van der Waals surface area contributed by atoms with Crippen LogP contribution in [-0.4, -0.2) is 23.1 Å². The van der Waals surface area contributed by atoms with Crippen LogP contribution in [-0.2, 0) is 12.7 Å². The van der Waals surface area contributed by atoms with Crippen LogP contribution in [0.2, 0.25) is 0 Å². The number of hydrogen-bond donors (Lipinski definition) is 3. The van der Waals surface area contributed by atoms with Crippen LogP contribution in [0.1, 0.15) is 24.0 Å². The molecule has 0 bridgehead atoms. The lowest BCUT2D eigenvalue weighted by Gasteiger charge is -2.31. The number of hydrogen-bond acceptors (Lipinski definition) is 3. The van der Waals surface area contributed by atoms with Crippen molar-refractivity contribution >= 4 is 17.3 Å². The SMILES string of the molecule is NC(=S)NNCC1=CCCCN1Cc1cccc(C(F)(F)F)c1. The van der Waals surface area contributed by atoms with Crippen molar-refractivity contribution in [3.63, 3.8) is 0 Å². The van der Waals surface area contributed by atoms with Crippen molar-refractivity contribution in [2.24, 2.45) is 5.73 Å². The highest BCUT2D eigenvalue weighted by Crippen LogP contribution is 2.30. The summed E-state index contributed by atoms with van der Waals surface area (Å²) in [6.07, 6.45) is -0.321. The molecule has 1 aromatic carbocycles. The topological polar surface area (TPSA) is 53.3 Å². The largest absolute Gasteiger partial charge is 0.416 e. The molecule has 0 spiro atoms. The smallest absolute Gasteiger partial charge is 0.375 e. The molecule has 0 saturated carbocycles. The van der Waals surface area contributed by atoms with Crippen LogP contribution in [0, 0.1) is 0 Å². The van der Waals surface area contributed by atoms with Crippen molar-refractivity contribution in [3.05, 3.63) is 47.2 Å². The zero-order chi connectivity index (χ0) is 16.9. The first kappa shape index (κ1) is 17.6. The fourth-order valence-corrected chi connectivity index (χ4v) is 2.55. The Kier molecular flexibility index (Phi) is 5.84. The Morgan fingerprint density at radius 2 is 2.13 bits per heavy atom. The summed E-state index contributed by atoms with van der Waals surface area (Å²) in [6.45, 7) is 1.73. The van der Waals surface area contributed by atoms with Crippen LogP contribution in [0.3, 0.4) is 0 Å². The summed E-state index contributed by atoms with van der Waals surface area (Å²) in [5, 5.41) is 0.144. The number of rotatable bonds is 5. The second-order valence-electron chi connectivity index (χ2n) is 5.30. The van der Waals surface area contributed by atoms with Crippen LogP contribution in [0.5, 0.6) is 0 Å². The zero-order valence-electron chi connectivity index (χ0n) is 12.5. The highest BCUT2D eigenvalue weighted by molar-refractivity contribution is 7.80. The first-order valence-corrected chi connectivity index (χ1v) is 7.65. The van der Waals surface area contributed by atoms with E-state index in [1.54, 1.807) is 6.07 Å². The van der Waals surface area contributed by atoms with Gasteiger partial charge in [0.15, 0.2) is 5.11 Å². The normalized spacial score (nSPS) is 15.3. The van der Waals surface area contributed by atoms with E-state index in [1.165, 1.54) is 12.1 Å². The van der Waals surface area contributed by atoms with Crippen LogP contribution < -0.4 is 16.6 Å². The molecule has 4 nitrogen and oxygen atoms in total. The molecule has 23 heavy (non-hydrogen) atoms. The number of allylic oxidation sites excluding steroid dienone is 1. The predicted octanol–water partition coefficient (Wildman–Crippen LogP) is 2.52. The second-order valence-corrected chi connectivity index (χ2v) is 5.74. The summed E-state index contributed by atoms with van der Waals surface area (Å²) in [4.78, 5) is 2.06. The van der Waals surface area contributed by atoms with Crippen LogP contribution in [0.25, 0.3) is 0 Å². The van der Waals surface area contributed by atoms with Gasteiger partial charge in [-0.3, -0.25) is 5.43 Å². The van der Waals surface area contributed by atoms with E-state index in [-0.39, 0.29) is 5.11 Å². The fraction of sp³-hybridized carbons (Fsp3) is 0.400. The van der Waals surface area contributed by atoms with E-state index < -0.39 is 11.7 Å². The van der Waals surface area contributed by atoms with Gasteiger partial charge in [0, 0.05) is 18.8 Å². The molecule has 0 radical (unpaired) electrons. The van der Waals surface area contributed by atoms with Crippen molar-refractivity contribution in [2.75, 3.05) is 13.1 Å². The van der Waals surface area contributed by atoms with Gasteiger partial charge >= 0.3 is 6.18 Å². The van der Waals surface area contributed by atoms with E-state index in [9.17, 15) is 13.2 Å². The molecule has 0 saturated heterocycles. The summed E-state index contributed by atoms with van der Waals surface area (Å²) in [5.41, 5.74) is 11.9. The standard InChI is InChI=1S/C15H19F3N4S/c16-15(17,18)12-5-3-4-11(8-12)10-22-7-2-1-6-13(22)9-20-21-14(19)23/h3-6,8,20H,1-2,7,9-10H2,(H3,19,21,23). The summed E-state index contributed by atoms with van der Waals surface area (Å²) in [7, 11) is 0. The maximum Gasteiger partial charge on any atom is 0.416 e. The van der Waals surface area contributed by atoms with Gasteiger partial charge in [0.05, 0.1) is 12.1 Å². The van der Waals surface area contributed by atoms with E-state index in [0.717, 1.165) is 31.1 Å². The van der Waals surface area contributed by atoms with Crippen molar-refractivity contribution in [1.82, 2.24) is 15.8 Å². The highest BCUT2D eigenvalue weighted by atomic mass is 32.1. The number of halogens is 3. The minimum Gasteiger partial charge on any atom is -0.375 e. The molecule has 1 aromatic rings. The van der Waals surface area contributed by atoms with Gasteiger partial charge in [-0.1, -0.05) is 18.2 Å². The Hall–Kier alpha value is -1.80. The van der Waals surface area contributed by atoms with E-state index in [1.807, 2.05) is 0 Å². The third-order valence-electron chi connectivity index (χ3n) is 3.53. The maximum atomic E-state index is 12.8. The molecule has 1 aliphatic heterocycles. The molecule has 0 amide bonds. The summed E-state index contributed by atoms with van der Waals surface area (Å²) in [6, 6.07) is 5.44. The first-order chi connectivity index (χ1) is 10.9. The van der Waals surface area contributed by atoms with Gasteiger partial charge in [0.1, 0.15) is 0 Å². The molecule has 4 N–H and O–H groups in total. The molecule has 1 heterocycles. The summed E-state index contributed by atoms with van der Waals surface area (Å²) >= 11 is 4.71. The Balaban J connectivity index is 2.04. The molecule has 0 fully saturated rings. The van der Waals surface area contributed by atoms with E-state index in [0.29, 0.717) is 18.7 Å². The van der Waals surface area contributed by atoms with Gasteiger partial charge in [-0.25, -0.2) is 5.43 Å². The zero-order valence-corrected chi connectivity index (χ0v) is 13.3. The van der Waals surface area contributed by atoms with Crippen LogP contribution in [0.15, 0.2) is 36.0 Å². The fourth-order valence-electron chi connectivity index (χ4n) is 2.48. The van der Waals surface area contributed by atoms with Gasteiger partial charge in [0.2, 0.25) is 0 Å². The number of alkyl halides is 3. The lowest BCUT2D eigenvalue weighted by molar-refractivity contribution is -0.137. The van der Waals surface area contributed by atoms with E-state index in [2.05, 4.69) is 21.8 Å². The molecule has 0 aromatic heterocycles. The Bertz CT molecular complexity index is 586. The Labute approximate surface area is 138 Å². The molecule has 0 atom stereocenters. The molecule has 1 aliphatic rings. The van der Waals surface area contributed by atoms with Gasteiger partial charge in [-0.15, -0.1) is 0 Å². The van der Waals surface area contributed by atoms with Crippen molar-refractivity contribution in [1.29, 1.82) is 0 Å². The van der Waals surface area contributed by atoms with Crippen LogP contribution in [0.4, 0.5) is 13.2 Å². The number of nitrogens with zero attached hydrogens (tertiary/aromatic N) is 1. The Morgan fingerprint density at radius 1 is 1.35 bits per heavy atom. The van der Waals surface area contributed by atoms with Gasteiger partial charge in [0.25, 0.3) is 0 Å². The van der Waals surface area contributed by atoms with Crippen LogP contribution >= 0.6 is 12.2 Å². The van der Waals surface area contributed by atoms with Crippen molar-refractivity contribution < 1.29 is 13.2 Å². The van der Waals surface area contributed by atoms with Crippen molar-refractivity contribution in [3.8, 4) is 0 Å². The highest BCUT2D eigenvalue weighted by Gasteiger charge is 2.30. The number of thiocarbonyl (C=S) groups is 1.